The van der Waals surface area contributed by atoms with Crippen molar-refractivity contribution in [3.63, 3.8) is 0 Å². The highest BCUT2D eigenvalue weighted by Crippen LogP contribution is 2.35. The Morgan fingerprint density at radius 3 is 2.73 bits per heavy atom. The molecule has 0 radical (unpaired) electrons. The standard InChI is InChI=1S/C11H18N4/c12-8-3-10-1-2-11(4-8)15(10)6-9-5-13-7-14-9/h5,7-8,10-11H,1-4,6,12H2,(H,13,14). The molecule has 1 aromatic heterocycles. The van der Waals surface area contributed by atoms with Crippen molar-refractivity contribution in [1.29, 1.82) is 0 Å². The summed E-state index contributed by atoms with van der Waals surface area (Å²) >= 11 is 0. The molecule has 0 saturated carbocycles. The lowest BCUT2D eigenvalue weighted by atomic mass is 9.98. The van der Waals surface area contributed by atoms with Crippen LogP contribution in [0.15, 0.2) is 12.5 Å². The first-order valence-electron chi connectivity index (χ1n) is 5.81. The fraction of sp³-hybridized carbons (Fsp3) is 0.727. The van der Waals surface area contributed by atoms with Crippen LogP contribution in [0.1, 0.15) is 31.4 Å². The van der Waals surface area contributed by atoms with E-state index in [0.717, 1.165) is 6.54 Å². The number of fused-ring (bicyclic) bond motifs is 2. The summed E-state index contributed by atoms with van der Waals surface area (Å²) in [4.78, 5) is 9.85. The van der Waals surface area contributed by atoms with E-state index in [1.165, 1.54) is 31.4 Å². The Morgan fingerprint density at radius 1 is 1.40 bits per heavy atom. The lowest BCUT2D eigenvalue weighted by molar-refractivity contribution is 0.118. The van der Waals surface area contributed by atoms with Crippen LogP contribution >= 0.6 is 0 Å². The van der Waals surface area contributed by atoms with Gasteiger partial charge in [0.05, 0.1) is 6.33 Å². The van der Waals surface area contributed by atoms with E-state index in [2.05, 4.69) is 14.9 Å². The van der Waals surface area contributed by atoms with Crippen molar-refractivity contribution in [2.75, 3.05) is 0 Å². The molecule has 4 heteroatoms. The Balaban J connectivity index is 1.72. The molecule has 4 nitrogen and oxygen atoms in total. The minimum atomic E-state index is 0.431. The van der Waals surface area contributed by atoms with Gasteiger partial charge >= 0.3 is 0 Å². The minimum absolute atomic E-state index is 0.431. The highest BCUT2D eigenvalue weighted by molar-refractivity contribution is 5.01. The number of piperidine rings is 1. The molecule has 3 rings (SSSR count). The molecule has 15 heavy (non-hydrogen) atoms. The number of H-pyrrole nitrogens is 1. The zero-order chi connectivity index (χ0) is 10.3. The fourth-order valence-electron chi connectivity index (χ4n) is 3.14. The van der Waals surface area contributed by atoms with Crippen molar-refractivity contribution >= 4 is 0 Å². The van der Waals surface area contributed by atoms with Crippen molar-refractivity contribution in [1.82, 2.24) is 14.9 Å². The van der Waals surface area contributed by atoms with Crippen LogP contribution in [0, 0.1) is 0 Å². The molecule has 0 amide bonds. The van der Waals surface area contributed by atoms with Gasteiger partial charge in [0.25, 0.3) is 0 Å². The van der Waals surface area contributed by atoms with E-state index in [9.17, 15) is 0 Å². The Labute approximate surface area is 89.9 Å². The number of hydrogen-bond acceptors (Lipinski definition) is 3. The van der Waals surface area contributed by atoms with Gasteiger partial charge in [-0.3, -0.25) is 4.90 Å². The molecule has 2 unspecified atom stereocenters. The van der Waals surface area contributed by atoms with Crippen LogP contribution in [-0.2, 0) is 6.54 Å². The first-order valence-corrected chi connectivity index (χ1v) is 5.81. The summed E-state index contributed by atoms with van der Waals surface area (Å²) in [5.41, 5.74) is 7.27. The molecule has 1 aromatic rings. The van der Waals surface area contributed by atoms with E-state index >= 15 is 0 Å². The van der Waals surface area contributed by atoms with Gasteiger partial charge in [0.2, 0.25) is 0 Å². The predicted molar refractivity (Wildman–Crippen MR) is 58.2 cm³/mol. The van der Waals surface area contributed by atoms with Gasteiger partial charge in [-0.15, -0.1) is 0 Å². The van der Waals surface area contributed by atoms with Crippen molar-refractivity contribution in [3.05, 3.63) is 18.2 Å². The van der Waals surface area contributed by atoms with Crippen LogP contribution in [-0.4, -0.2) is 33.0 Å². The number of nitrogens with two attached hydrogens (primary N) is 1. The maximum atomic E-state index is 6.04. The average molecular weight is 206 g/mol. The molecule has 3 heterocycles. The molecule has 2 saturated heterocycles. The Hall–Kier alpha value is -0.870. The quantitative estimate of drug-likeness (QED) is 0.754. The summed E-state index contributed by atoms with van der Waals surface area (Å²) in [6.45, 7) is 1.02. The molecule has 0 aromatic carbocycles. The van der Waals surface area contributed by atoms with E-state index in [1.807, 2.05) is 6.20 Å². The summed E-state index contributed by atoms with van der Waals surface area (Å²) in [6.07, 6.45) is 8.68. The molecule has 2 bridgehead atoms. The van der Waals surface area contributed by atoms with Crippen LogP contribution in [0.25, 0.3) is 0 Å². The highest BCUT2D eigenvalue weighted by Gasteiger charge is 2.39. The zero-order valence-corrected chi connectivity index (χ0v) is 8.89. The van der Waals surface area contributed by atoms with Crippen molar-refractivity contribution in [3.8, 4) is 0 Å². The Kier molecular flexibility index (Phi) is 2.25. The molecule has 2 atom stereocenters. The Morgan fingerprint density at radius 2 is 2.13 bits per heavy atom. The van der Waals surface area contributed by atoms with Crippen LogP contribution in [0.4, 0.5) is 0 Å². The number of hydrogen-bond donors (Lipinski definition) is 2. The van der Waals surface area contributed by atoms with Crippen molar-refractivity contribution in [2.24, 2.45) is 5.73 Å². The maximum Gasteiger partial charge on any atom is 0.0922 e. The topological polar surface area (TPSA) is 57.9 Å². The number of imidazole rings is 1. The summed E-state index contributed by atoms with van der Waals surface area (Å²) in [5.74, 6) is 0. The Bertz CT molecular complexity index is 307. The van der Waals surface area contributed by atoms with E-state index < -0.39 is 0 Å². The van der Waals surface area contributed by atoms with E-state index in [1.54, 1.807) is 6.33 Å². The lowest BCUT2D eigenvalue weighted by Crippen LogP contribution is -2.46. The minimum Gasteiger partial charge on any atom is -0.347 e. The van der Waals surface area contributed by atoms with E-state index in [-0.39, 0.29) is 0 Å². The number of nitrogens with zero attached hydrogens (tertiary/aromatic N) is 2. The molecule has 2 aliphatic heterocycles. The van der Waals surface area contributed by atoms with Crippen LogP contribution < -0.4 is 5.73 Å². The number of aromatic amines is 1. The summed E-state index contributed by atoms with van der Waals surface area (Å²) in [6, 6.07) is 1.85. The highest BCUT2D eigenvalue weighted by atomic mass is 15.2. The van der Waals surface area contributed by atoms with Crippen LogP contribution in [0.2, 0.25) is 0 Å². The third-order valence-corrected chi connectivity index (χ3v) is 3.83. The SMILES string of the molecule is NC1CC2CCC(C1)N2Cc1cnc[nH]1. The van der Waals surface area contributed by atoms with Crippen LogP contribution in [0.5, 0.6) is 0 Å². The molecule has 2 fully saturated rings. The molecular formula is C11H18N4. The average Bonchev–Trinajstić information content (AvgIpc) is 2.77. The number of nitrogens with one attached hydrogen (secondary N) is 1. The predicted octanol–water partition coefficient (Wildman–Crippen LogP) is 0.864. The van der Waals surface area contributed by atoms with E-state index in [4.69, 9.17) is 5.73 Å². The second-order valence-electron chi connectivity index (χ2n) is 4.87. The fourth-order valence-corrected chi connectivity index (χ4v) is 3.14. The molecule has 82 valence electrons. The molecule has 3 N–H and O–H groups in total. The summed E-state index contributed by atoms with van der Waals surface area (Å²) in [7, 11) is 0. The van der Waals surface area contributed by atoms with Crippen molar-refractivity contribution in [2.45, 2.75) is 50.4 Å². The molecule has 0 aliphatic carbocycles. The van der Waals surface area contributed by atoms with Gasteiger partial charge in [-0.1, -0.05) is 0 Å². The van der Waals surface area contributed by atoms with Gasteiger partial charge in [0.15, 0.2) is 0 Å². The second-order valence-corrected chi connectivity index (χ2v) is 4.87. The molecular weight excluding hydrogens is 188 g/mol. The van der Waals surface area contributed by atoms with Gasteiger partial charge in [-0.25, -0.2) is 4.98 Å². The molecule has 0 spiro atoms. The van der Waals surface area contributed by atoms with Gasteiger partial charge in [-0.2, -0.15) is 0 Å². The third kappa shape index (κ3) is 1.68. The first kappa shape index (κ1) is 9.36. The summed E-state index contributed by atoms with van der Waals surface area (Å²) in [5, 5.41) is 0. The largest absolute Gasteiger partial charge is 0.347 e. The van der Waals surface area contributed by atoms with E-state index in [0.29, 0.717) is 18.1 Å². The zero-order valence-electron chi connectivity index (χ0n) is 8.89. The monoisotopic (exact) mass is 206 g/mol. The normalized spacial score (nSPS) is 35.9. The van der Waals surface area contributed by atoms with Gasteiger partial charge in [0, 0.05) is 36.6 Å². The first-order chi connectivity index (χ1) is 7.33. The van der Waals surface area contributed by atoms with Crippen molar-refractivity contribution < 1.29 is 0 Å². The van der Waals surface area contributed by atoms with Crippen LogP contribution in [0.3, 0.4) is 0 Å². The number of aromatic nitrogens is 2. The van der Waals surface area contributed by atoms with Gasteiger partial charge in [-0.05, 0) is 25.7 Å². The van der Waals surface area contributed by atoms with Gasteiger partial charge in [0.1, 0.15) is 0 Å². The van der Waals surface area contributed by atoms with Gasteiger partial charge < -0.3 is 10.7 Å². The number of rotatable bonds is 2. The second kappa shape index (κ2) is 3.61. The smallest absolute Gasteiger partial charge is 0.0922 e. The third-order valence-electron chi connectivity index (χ3n) is 3.83. The lowest BCUT2D eigenvalue weighted by Gasteiger charge is -2.37. The summed E-state index contributed by atoms with van der Waals surface area (Å²) < 4.78 is 0. The molecule has 2 aliphatic rings. The maximum absolute atomic E-state index is 6.04.